The molecular formula is C15H16F2N2O2. The van der Waals surface area contributed by atoms with E-state index in [0.717, 1.165) is 6.54 Å². The zero-order valence-corrected chi connectivity index (χ0v) is 11.3. The van der Waals surface area contributed by atoms with Gasteiger partial charge in [-0.05, 0) is 30.7 Å². The minimum absolute atomic E-state index is 0.0233. The number of rotatable bonds is 7. The molecule has 0 saturated heterocycles. The SMILES string of the molecule is O=C(CCCn1cccc1)Nc1cccc(OC(F)F)c1. The molecule has 6 heteroatoms. The van der Waals surface area contributed by atoms with Crippen LogP contribution >= 0.6 is 0 Å². The fourth-order valence-corrected chi connectivity index (χ4v) is 1.91. The second-order valence-corrected chi connectivity index (χ2v) is 4.48. The van der Waals surface area contributed by atoms with Crippen molar-refractivity contribution in [2.75, 3.05) is 5.32 Å². The third kappa shape index (κ3) is 5.25. The zero-order valence-electron chi connectivity index (χ0n) is 11.3. The summed E-state index contributed by atoms with van der Waals surface area (Å²) < 4.78 is 30.5. The molecule has 2 rings (SSSR count). The topological polar surface area (TPSA) is 43.3 Å². The van der Waals surface area contributed by atoms with Crippen LogP contribution in [0.3, 0.4) is 0 Å². The van der Waals surface area contributed by atoms with Gasteiger partial charge in [-0.15, -0.1) is 0 Å². The Morgan fingerprint density at radius 1 is 1.24 bits per heavy atom. The van der Waals surface area contributed by atoms with E-state index in [1.54, 1.807) is 12.1 Å². The normalized spacial score (nSPS) is 10.6. The number of amides is 1. The van der Waals surface area contributed by atoms with E-state index in [-0.39, 0.29) is 11.7 Å². The van der Waals surface area contributed by atoms with Gasteiger partial charge in [0.2, 0.25) is 5.91 Å². The van der Waals surface area contributed by atoms with Crippen LogP contribution in [0.15, 0.2) is 48.8 Å². The molecule has 112 valence electrons. The van der Waals surface area contributed by atoms with Gasteiger partial charge in [-0.2, -0.15) is 8.78 Å². The lowest BCUT2D eigenvalue weighted by Gasteiger charge is -2.08. The lowest BCUT2D eigenvalue weighted by Crippen LogP contribution is -2.12. The van der Waals surface area contributed by atoms with Crippen molar-refractivity contribution in [3.63, 3.8) is 0 Å². The largest absolute Gasteiger partial charge is 0.435 e. The van der Waals surface area contributed by atoms with Gasteiger partial charge >= 0.3 is 6.61 Å². The number of anilines is 1. The first-order valence-corrected chi connectivity index (χ1v) is 6.59. The van der Waals surface area contributed by atoms with Gasteiger partial charge < -0.3 is 14.6 Å². The monoisotopic (exact) mass is 294 g/mol. The first-order chi connectivity index (χ1) is 10.1. The molecule has 1 aromatic heterocycles. The van der Waals surface area contributed by atoms with Crippen molar-refractivity contribution >= 4 is 11.6 Å². The van der Waals surface area contributed by atoms with Crippen LogP contribution in [-0.4, -0.2) is 17.1 Å². The highest BCUT2D eigenvalue weighted by Gasteiger charge is 2.06. The average Bonchev–Trinajstić information content (AvgIpc) is 2.91. The van der Waals surface area contributed by atoms with Crippen LogP contribution < -0.4 is 10.1 Å². The summed E-state index contributed by atoms with van der Waals surface area (Å²) in [7, 11) is 0. The number of ether oxygens (including phenoxy) is 1. The molecule has 0 saturated carbocycles. The van der Waals surface area contributed by atoms with Crippen LogP contribution in [0.2, 0.25) is 0 Å². The number of aromatic nitrogens is 1. The van der Waals surface area contributed by atoms with Gasteiger partial charge in [0.15, 0.2) is 0 Å². The third-order valence-corrected chi connectivity index (χ3v) is 2.83. The van der Waals surface area contributed by atoms with E-state index < -0.39 is 6.61 Å². The average molecular weight is 294 g/mol. The number of alkyl halides is 2. The smallest absolute Gasteiger partial charge is 0.387 e. The van der Waals surface area contributed by atoms with Crippen molar-refractivity contribution in [2.45, 2.75) is 26.0 Å². The van der Waals surface area contributed by atoms with Crippen LogP contribution in [0.4, 0.5) is 14.5 Å². The van der Waals surface area contributed by atoms with Crippen LogP contribution in [-0.2, 0) is 11.3 Å². The molecule has 1 N–H and O–H groups in total. The number of nitrogens with zero attached hydrogens (tertiary/aromatic N) is 1. The van der Waals surface area contributed by atoms with E-state index in [4.69, 9.17) is 0 Å². The summed E-state index contributed by atoms with van der Waals surface area (Å²) in [6.45, 7) is -2.12. The van der Waals surface area contributed by atoms with E-state index in [9.17, 15) is 13.6 Å². The Hall–Kier alpha value is -2.37. The highest BCUT2D eigenvalue weighted by Crippen LogP contribution is 2.19. The molecule has 0 aliphatic heterocycles. The van der Waals surface area contributed by atoms with E-state index in [1.165, 1.54) is 12.1 Å². The number of hydrogen-bond acceptors (Lipinski definition) is 2. The fourth-order valence-electron chi connectivity index (χ4n) is 1.91. The summed E-state index contributed by atoms with van der Waals surface area (Å²) in [5.74, 6) is -0.133. The minimum Gasteiger partial charge on any atom is -0.435 e. The molecule has 1 aromatic carbocycles. The number of hydrogen-bond donors (Lipinski definition) is 1. The predicted octanol–water partition coefficient (Wildman–Crippen LogP) is 3.51. The van der Waals surface area contributed by atoms with Crippen molar-refractivity contribution in [3.8, 4) is 5.75 Å². The highest BCUT2D eigenvalue weighted by molar-refractivity contribution is 5.90. The van der Waals surface area contributed by atoms with E-state index in [0.29, 0.717) is 18.5 Å². The highest BCUT2D eigenvalue weighted by atomic mass is 19.3. The molecule has 0 aliphatic rings. The summed E-state index contributed by atoms with van der Waals surface area (Å²) in [6, 6.07) is 9.81. The minimum atomic E-state index is -2.88. The number of aryl methyl sites for hydroxylation is 1. The predicted molar refractivity (Wildman–Crippen MR) is 75.4 cm³/mol. The number of halogens is 2. The van der Waals surface area contributed by atoms with Gasteiger partial charge in [0.05, 0.1) is 0 Å². The molecule has 1 amide bonds. The van der Waals surface area contributed by atoms with Gasteiger partial charge in [0.1, 0.15) is 5.75 Å². The Morgan fingerprint density at radius 3 is 2.71 bits per heavy atom. The van der Waals surface area contributed by atoms with E-state index in [1.807, 2.05) is 29.1 Å². The molecule has 0 fully saturated rings. The standard InChI is InChI=1S/C15H16F2N2O2/c16-15(17)21-13-6-3-5-12(11-13)18-14(20)7-4-10-19-8-1-2-9-19/h1-3,5-6,8-9,11,15H,4,7,10H2,(H,18,20). The summed E-state index contributed by atoms with van der Waals surface area (Å²) in [6.07, 6.45) is 4.93. The molecule has 0 spiro atoms. The Kier molecular flexibility index (Phi) is 5.31. The van der Waals surface area contributed by atoms with Gasteiger partial charge in [0.25, 0.3) is 0 Å². The molecule has 0 aliphatic carbocycles. The molecule has 21 heavy (non-hydrogen) atoms. The molecule has 0 radical (unpaired) electrons. The van der Waals surface area contributed by atoms with Crippen molar-refractivity contribution in [2.24, 2.45) is 0 Å². The maximum absolute atomic E-state index is 12.1. The van der Waals surface area contributed by atoms with Crippen LogP contribution in [0.1, 0.15) is 12.8 Å². The second-order valence-electron chi connectivity index (χ2n) is 4.48. The molecule has 0 unspecified atom stereocenters. The Bertz CT molecular complexity index is 571. The molecule has 0 bridgehead atoms. The van der Waals surface area contributed by atoms with Gasteiger partial charge in [-0.1, -0.05) is 6.07 Å². The lowest BCUT2D eigenvalue weighted by atomic mass is 10.2. The van der Waals surface area contributed by atoms with Crippen molar-refractivity contribution in [1.29, 1.82) is 0 Å². The quantitative estimate of drug-likeness (QED) is 0.849. The lowest BCUT2D eigenvalue weighted by molar-refractivity contribution is -0.116. The van der Waals surface area contributed by atoms with Crippen LogP contribution in [0.5, 0.6) is 5.75 Å². The second kappa shape index (κ2) is 7.42. The third-order valence-electron chi connectivity index (χ3n) is 2.83. The summed E-state index contributed by atoms with van der Waals surface area (Å²) in [5, 5.41) is 2.66. The molecule has 4 nitrogen and oxygen atoms in total. The maximum atomic E-state index is 12.1. The van der Waals surface area contributed by atoms with Gasteiger partial charge in [0, 0.05) is 37.1 Å². The summed E-state index contributed by atoms with van der Waals surface area (Å²) in [4.78, 5) is 11.8. The summed E-state index contributed by atoms with van der Waals surface area (Å²) >= 11 is 0. The van der Waals surface area contributed by atoms with Gasteiger partial charge in [-0.25, -0.2) is 0 Å². The molecule has 0 atom stereocenters. The Balaban J connectivity index is 1.79. The number of nitrogens with one attached hydrogen (secondary N) is 1. The molecule has 2 aromatic rings. The van der Waals surface area contributed by atoms with Gasteiger partial charge in [-0.3, -0.25) is 4.79 Å². The van der Waals surface area contributed by atoms with Crippen LogP contribution in [0, 0.1) is 0 Å². The van der Waals surface area contributed by atoms with Crippen molar-refractivity contribution in [1.82, 2.24) is 4.57 Å². The van der Waals surface area contributed by atoms with E-state index >= 15 is 0 Å². The Labute approximate surface area is 121 Å². The zero-order chi connectivity index (χ0) is 15.1. The van der Waals surface area contributed by atoms with Crippen molar-refractivity contribution < 1.29 is 18.3 Å². The number of benzene rings is 1. The first-order valence-electron chi connectivity index (χ1n) is 6.59. The first kappa shape index (κ1) is 15.0. The maximum Gasteiger partial charge on any atom is 0.387 e. The molecule has 1 heterocycles. The number of carbonyl (C=O) groups is 1. The molecular weight excluding hydrogens is 278 g/mol. The van der Waals surface area contributed by atoms with E-state index in [2.05, 4.69) is 10.1 Å². The number of carbonyl (C=O) groups excluding carboxylic acids is 1. The fraction of sp³-hybridized carbons (Fsp3) is 0.267. The van der Waals surface area contributed by atoms with Crippen molar-refractivity contribution in [3.05, 3.63) is 48.8 Å². The Morgan fingerprint density at radius 2 is 2.00 bits per heavy atom. The summed E-state index contributed by atoms with van der Waals surface area (Å²) in [5.41, 5.74) is 0.444. The van der Waals surface area contributed by atoms with Crippen LogP contribution in [0.25, 0.3) is 0 Å².